The van der Waals surface area contributed by atoms with Gasteiger partial charge in [0.15, 0.2) is 0 Å². The number of piperidine rings is 1. The molecule has 1 heterocycles. The van der Waals surface area contributed by atoms with Crippen LogP contribution in [0.2, 0.25) is 0 Å². The molecule has 0 radical (unpaired) electrons. The van der Waals surface area contributed by atoms with Gasteiger partial charge in [0, 0.05) is 30.8 Å². The highest BCUT2D eigenvalue weighted by Crippen LogP contribution is 2.23. The Morgan fingerprint density at radius 2 is 1.70 bits per heavy atom. The Bertz CT molecular complexity index is 835. The number of aryl methyl sites for hydroxylation is 1. The van der Waals surface area contributed by atoms with Crippen molar-refractivity contribution in [2.75, 3.05) is 18.4 Å². The number of hydrogen-bond donors (Lipinski definition) is 1. The van der Waals surface area contributed by atoms with Crippen molar-refractivity contribution in [1.29, 1.82) is 0 Å². The van der Waals surface area contributed by atoms with Gasteiger partial charge in [0.25, 0.3) is 0 Å². The van der Waals surface area contributed by atoms with Gasteiger partial charge in [-0.3, -0.25) is 9.59 Å². The molecule has 2 aromatic rings. The van der Waals surface area contributed by atoms with Gasteiger partial charge >= 0.3 is 0 Å². The van der Waals surface area contributed by atoms with E-state index in [0.717, 1.165) is 16.8 Å². The summed E-state index contributed by atoms with van der Waals surface area (Å²) in [7, 11) is 0. The van der Waals surface area contributed by atoms with E-state index in [1.54, 1.807) is 6.08 Å². The molecule has 1 aliphatic heterocycles. The molecule has 27 heavy (non-hydrogen) atoms. The van der Waals surface area contributed by atoms with Crippen LogP contribution in [0, 0.1) is 19.8 Å². The average molecular weight is 362 g/mol. The first-order valence-electron chi connectivity index (χ1n) is 9.43. The van der Waals surface area contributed by atoms with Crippen LogP contribution in [-0.4, -0.2) is 29.8 Å². The molecule has 1 aliphatic rings. The van der Waals surface area contributed by atoms with Crippen LogP contribution in [0.25, 0.3) is 6.08 Å². The lowest BCUT2D eigenvalue weighted by atomic mass is 9.95. The average Bonchev–Trinajstić information content (AvgIpc) is 2.70. The molecule has 0 aliphatic carbocycles. The Balaban J connectivity index is 1.52. The highest BCUT2D eigenvalue weighted by Gasteiger charge is 2.26. The summed E-state index contributed by atoms with van der Waals surface area (Å²) in [4.78, 5) is 26.8. The van der Waals surface area contributed by atoms with Crippen molar-refractivity contribution in [2.45, 2.75) is 26.7 Å². The van der Waals surface area contributed by atoms with E-state index < -0.39 is 0 Å². The lowest BCUT2D eigenvalue weighted by molar-refractivity contribution is -0.130. The third kappa shape index (κ3) is 4.85. The molecule has 2 aromatic carbocycles. The van der Waals surface area contributed by atoms with Gasteiger partial charge in [0.05, 0.1) is 0 Å². The van der Waals surface area contributed by atoms with Crippen molar-refractivity contribution in [2.24, 2.45) is 5.92 Å². The van der Waals surface area contributed by atoms with E-state index in [1.807, 2.05) is 73.4 Å². The number of nitrogens with one attached hydrogen (secondary N) is 1. The second-order valence-corrected chi connectivity index (χ2v) is 7.08. The molecular formula is C23H26N2O2. The summed E-state index contributed by atoms with van der Waals surface area (Å²) in [5.41, 5.74) is 4.15. The van der Waals surface area contributed by atoms with Gasteiger partial charge < -0.3 is 10.2 Å². The fourth-order valence-corrected chi connectivity index (χ4v) is 3.32. The van der Waals surface area contributed by atoms with Crippen LogP contribution >= 0.6 is 0 Å². The van der Waals surface area contributed by atoms with Gasteiger partial charge in [-0.25, -0.2) is 0 Å². The summed E-state index contributed by atoms with van der Waals surface area (Å²) in [6.45, 7) is 5.29. The Kier molecular flexibility index (Phi) is 6.07. The molecule has 4 heteroatoms. The first-order chi connectivity index (χ1) is 13.0. The zero-order valence-electron chi connectivity index (χ0n) is 15.9. The van der Waals surface area contributed by atoms with E-state index in [2.05, 4.69) is 5.32 Å². The third-order valence-corrected chi connectivity index (χ3v) is 5.26. The minimum Gasteiger partial charge on any atom is -0.339 e. The Labute approximate surface area is 160 Å². The summed E-state index contributed by atoms with van der Waals surface area (Å²) in [5.74, 6) is 0.00920. The van der Waals surface area contributed by atoms with Gasteiger partial charge in [0.1, 0.15) is 0 Å². The predicted molar refractivity (Wildman–Crippen MR) is 109 cm³/mol. The smallest absolute Gasteiger partial charge is 0.246 e. The largest absolute Gasteiger partial charge is 0.339 e. The number of hydrogen-bond acceptors (Lipinski definition) is 2. The van der Waals surface area contributed by atoms with Crippen LogP contribution in [-0.2, 0) is 9.59 Å². The van der Waals surface area contributed by atoms with Crippen LogP contribution in [0.1, 0.15) is 29.5 Å². The highest BCUT2D eigenvalue weighted by molar-refractivity contribution is 5.94. The first-order valence-corrected chi connectivity index (χ1v) is 9.43. The fraction of sp³-hybridized carbons (Fsp3) is 0.304. The first kappa shape index (κ1) is 18.9. The lowest BCUT2D eigenvalue weighted by Gasteiger charge is -2.30. The van der Waals surface area contributed by atoms with Crippen LogP contribution in [0.3, 0.4) is 0 Å². The molecule has 140 valence electrons. The molecule has 0 bridgehead atoms. The van der Waals surface area contributed by atoms with E-state index in [4.69, 9.17) is 0 Å². The molecule has 0 unspecified atom stereocenters. The molecule has 0 saturated carbocycles. The monoisotopic (exact) mass is 362 g/mol. The van der Waals surface area contributed by atoms with Gasteiger partial charge in [-0.15, -0.1) is 0 Å². The molecule has 1 fully saturated rings. The van der Waals surface area contributed by atoms with Gasteiger partial charge in [-0.05, 0) is 55.5 Å². The number of likely N-dealkylation sites (tertiary alicyclic amines) is 1. The van der Waals surface area contributed by atoms with Crippen molar-refractivity contribution in [3.05, 3.63) is 71.3 Å². The summed E-state index contributed by atoms with van der Waals surface area (Å²) in [5, 5.41) is 3.06. The lowest BCUT2D eigenvalue weighted by Crippen LogP contribution is -2.40. The number of amides is 2. The number of nitrogens with zero attached hydrogens (tertiary/aromatic N) is 1. The molecule has 2 amide bonds. The minimum atomic E-state index is -0.0490. The third-order valence-electron chi connectivity index (χ3n) is 5.26. The normalized spacial score (nSPS) is 15.1. The van der Waals surface area contributed by atoms with Gasteiger partial charge in [0.2, 0.25) is 11.8 Å². The topological polar surface area (TPSA) is 49.4 Å². The van der Waals surface area contributed by atoms with E-state index in [0.29, 0.717) is 25.9 Å². The summed E-state index contributed by atoms with van der Waals surface area (Å²) in [6, 6.07) is 15.7. The van der Waals surface area contributed by atoms with Crippen LogP contribution < -0.4 is 5.32 Å². The fourth-order valence-electron chi connectivity index (χ4n) is 3.32. The van der Waals surface area contributed by atoms with E-state index in [9.17, 15) is 9.59 Å². The molecule has 3 rings (SSSR count). The minimum absolute atomic E-state index is 0.00670. The molecule has 0 aromatic heterocycles. The zero-order valence-corrected chi connectivity index (χ0v) is 15.9. The van der Waals surface area contributed by atoms with Crippen LogP contribution in [0.4, 0.5) is 5.69 Å². The second kappa shape index (κ2) is 8.67. The summed E-state index contributed by atoms with van der Waals surface area (Å²) in [6.07, 6.45) is 4.84. The quantitative estimate of drug-likeness (QED) is 0.829. The van der Waals surface area contributed by atoms with Gasteiger partial charge in [-0.2, -0.15) is 0 Å². The zero-order chi connectivity index (χ0) is 19.2. The van der Waals surface area contributed by atoms with Crippen molar-refractivity contribution in [3.63, 3.8) is 0 Å². The molecule has 1 N–H and O–H groups in total. The SMILES string of the molecule is Cc1cccc(NC(=O)C2CCN(C(=O)/C=C\c3ccccc3)CC2)c1C. The summed E-state index contributed by atoms with van der Waals surface area (Å²) >= 11 is 0. The standard InChI is InChI=1S/C23H26N2O2/c1-17-7-6-10-21(18(17)2)24-23(27)20-13-15-25(16-14-20)22(26)12-11-19-8-4-3-5-9-19/h3-12,20H,13-16H2,1-2H3,(H,24,27)/b12-11-. The predicted octanol–water partition coefficient (Wildman–Crippen LogP) is 4.19. The Morgan fingerprint density at radius 3 is 2.41 bits per heavy atom. The van der Waals surface area contributed by atoms with Gasteiger partial charge in [-0.1, -0.05) is 42.5 Å². The number of carbonyl (C=O) groups excluding carboxylic acids is 2. The number of benzene rings is 2. The number of anilines is 1. The number of rotatable bonds is 4. The maximum Gasteiger partial charge on any atom is 0.246 e. The second-order valence-electron chi connectivity index (χ2n) is 7.08. The Hall–Kier alpha value is -2.88. The molecule has 1 saturated heterocycles. The maximum atomic E-state index is 12.6. The number of carbonyl (C=O) groups is 2. The van der Waals surface area contributed by atoms with Crippen molar-refractivity contribution >= 4 is 23.6 Å². The van der Waals surface area contributed by atoms with E-state index in [1.165, 1.54) is 5.56 Å². The van der Waals surface area contributed by atoms with E-state index in [-0.39, 0.29) is 17.7 Å². The van der Waals surface area contributed by atoms with Crippen LogP contribution in [0.5, 0.6) is 0 Å². The molecule has 4 nitrogen and oxygen atoms in total. The van der Waals surface area contributed by atoms with Crippen molar-refractivity contribution in [1.82, 2.24) is 4.90 Å². The maximum absolute atomic E-state index is 12.6. The van der Waals surface area contributed by atoms with Crippen molar-refractivity contribution in [3.8, 4) is 0 Å². The van der Waals surface area contributed by atoms with E-state index >= 15 is 0 Å². The Morgan fingerprint density at radius 1 is 1.00 bits per heavy atom. The highest BCUT2D eigenvalue weighted by atomic mass is 16.2. The van der Waals surface area contributed by atoms with Crippen LogP contribution in [0.15, 0.2) is 54.6 Å². The molecular weight excluding hydrogens is 336 g/mol. The summed E-state index contributed by atoms with van der Waals surface area (Å²) < 4.78 is 0. The molecule has 0 spiro atoms. The molecule has 0 atom stereocenters. The van der Waals surface area contributed by atoms with Crippen molar-refractivity contribution < 1.29 is 9.59 Å².